The number of hydrogen-bond acceptors (Lipinski definition) is 13. The molecule has 19 nitrogen and oxygen atoms in total. The maximum Gasteiger partial charge on any atom is 0.352 e. The number of carbonyl (C=O) groups is 4. The van der Waals surface area contributed by atoms with Crippen LogP contribution in [0.1, 0.15) is 39.4 Å². The molecule has 0 spiro atoms. The monoisotopic (exact) mass is 610 g/mol. The van der Waals surface area contributed by atoms with Crippen LogP contribution >= 0.6 is 0 Å². The molecule has 3 aromatic heterocycles. The van der Waals surface area contributed by atoms with E-state index in [-0.39, 0.29) is 30.2 Å². The highest BCUT2D eigenvalue weighted by atomic mass is 16.4. The number of fused-ring (bicyclic) bond motifs is 1. The van der Waals surface area contributed by atoms with Crippen LogP contribution in [0.15, 0.2) is 46.1 Å². The Bertz CT molecular complexity index is 1790. The second-order valence-corrected chi connectivity index (χ2v) is 9.01. The van der Waals surface area contributed by atoms with E-state index in [9.17, 15) is 33.9 Å². The molecule has 0 saturated heterocycles. The number of carbonyl (C=O) groups excluding carboxylic acids is 1. The number of aromatic nitrogens is 6. The summed E-state index contributed by atoms with van der Waals surface area (Å²) in [4.78, 5) is 87.6. The van der Waals surface area contributed by atoms with Crippen molar-refractivity contribution in [2.75, 3.05) is 23.4 Å². The molecule has 0 bridgehead atoms. The van der Waals surface area contributed by atoms with Crippen LogP contribution in [0.3, 0.4) is 0 Å². The molecule has 4 aromatic rings. The predicted octanol–water partition coefficient (Wildman–Crippen LogP) is -0.970. The van der Waals surface area contributed by atoms with Gasteiger partial charge in [-0.05, 0) is 30.7 Å². The highest BCUT2D eigenvalue weighted by Crippen LogP contribution is 2.19. The molecule has 1 aromatic carbocycles. The van der Waals surface area contributed by atoms with Crippen molar-refractivity contribution in [2.45, 2.75) is 25.4 Å². The van der Waals surface area contributed by atoms with Crippen LogP contribution < -0.4 is 32.9 Å². The van der Waals surface area contributed by atoms with Gasteiger partial charge in [0.15, 0.2) is 17.0 Å². The number of H-pyrrole nitrogens is 2. The van der Waals surface area contributed by atoms with Gasteiger partial charge in [0.05, 0.1) is 18.4 Å². The van der Waals surface area contributed by atoms with Crippen LogP contribution in [-0.4, -0.2) is 82.1 Å². The Morgan fingerprint density at radius 1 is 1.00 bits per heavy atom. The summed E-state index contributed by atoms with van der Waals surface area (Å²) in [6.45, 7) is 0.370. The lowest BCUT2D eigenvalue weighted by molar-refractivity contribution is -0.140. The first-order chi connectivity index (χ1) is 20.7. The van der Waals surface area contributed by atoms with Gasteiger partial charge in [0, 0.05) is 30.8 Å². The van der Waals surface area contributed by atoms with Crippen LogP contribution in [0.25, 0.3) is 11.2 Å². The Morgan fingerprint density at radius 3 is 2.27 bits per heavy atom. The third-order valence-corrected chi connectivity index (χ3v) is 5.71. The summed E-state index contributed by atoms with van der Waals surface area (Å²) in [5.74, 6) is -4.25. The van der Waals surface area contributed by atoms with Crippen LogP contribution in [0.2, 0.25) is 0 Å². The Morgan fingerprint density at radius 2 is 1.68 bits per heavy atom. The fourth-order valence-corrected chi connectivity index (χ4v) is 3.61. The number of nitrogens with one attached hydrogen (secondary N) is 3. The second kappa shape index (κ2) is 14.0. The number of aromatic carboxylic acids is 1. The lowest BCUT2D eigenvalue weighted by Gasteiger charge is -2.19. The number of rotatable bonds is 10. The van der Waals surface area contributed by atoms with E-state index < -0.39 is 46.8 Å². The number of anilines is 3. The Kier molecular flexibility index (Phi) is 10.2. The fraction of sp³-hybridized carbons (Fsp3) is 0.200. The van der Waals surface area contributed by atoms with Crippen molar-refractivity contribution in [3.8, 4) is 0 Å². The third-order valence-electron chi connectivity index (χ3n) is 5.71. The van der Waals surface area contributed by atoms with Crippen molar-refractivity contribution < 1.29 is 34.5 Å². The van der Waals surface area contributed by atoms with Gasteiger partial charge in [0.25, 0.3) is 11.5 Å². The second-order valence-electron chi connectivity index (χ2n) is 9.01. The Hall–Kier alpha value is -6.40. The number of carboxylic acid groups (broad SMARTS) is 3. The number of nitrogen functional groups attached to an aromatic ring is 2. The number of nitrogens with zero attached hydrogens (tertiary/aromatic N) is 5. The first kappa shape index (κ1) is 32.1. The van der Waals surface area contributed by atoms with Crippen LogP contribution in [0.4, 0.5) is 17.5 Å². The van der Waals surface area contributed by atoms with Crippen molar-refractivity contribution in [1.29, 1.82) is 0 Å². The molecule has 19 heteroatoms. The maximum atomic E-state index is 12.4. The molecule has 0 aliphatic heterocycles. The smallest absolute Gasteiger partial charge is 0.352 e. The highest BCUT2D eigenvalue weighted by molar-refractivity contribution is 5.97. The standard InChI is InChI=1S/C20H22N8O5.C5H4N2O4/c1-28(9-11-8-23-17-15(24-11)16(21)26-20(22)27-17)12-4-2-10(3-5-12)18(31)25-13(19(32)33)6-7-14(29)30;8-3-1-2(4(9)10)6-5(11)7-3/h2-5,8,13H,6-7,9H2,1H3,(H,25,31)(H,29,30)(H,32,33)(H4,21,22,23,26,27);1H,(H,9,10)(H2,6,7,8,11). The number of aromatic amines is 2. The number of benzene rings is 1. The SMILES string of the molecule is CN(Cc1cnc2nc(N)nc(N)c2n1)c1ccc(C(=O)NC(CCC(=O)O)C(=O)O)cc1.O=C(O)c1cc(=O)[nH]c(=O)[nH]1. The molecule has 0 fully saturated rings. The van der Waals surface area contributed by atoms with Gasteiger partial charge in [-0.15, -0.1) is 0 Å². The van der Waals surface area contributed by atoms with E-state index in [1.54, 1.807) is 18.3 Å². The van der Waals surface area contributed by atoms with Crippen molar-refractivity contribution in [3.05, 3.63) is 74.3 Å². The quantitative estimate of drug-likeness (QED) is 0.107. The molecule has 44 heavy (non-hydrogen) atoms. The maximum absolute atomic E-state index is 12.4. The largest absolute Gasteiger partial charge is 0.481 e. The predicted molar refractivity (Wildman–Crippen MR) is 153 cm³/mol. The fourth-order valence-electron chi connectivity index (χ4n) is 3.61. The summed E-state index contributed by atoms with van der Waals surface area (Å²) in [6.07, 6.45) is 0.964. The van der Waals surface area contributed by atoms with Crippen molar-refractivity contribution in [2.24, 2.45) is 0 Å². The lowest BCUT2D eigenvalue weighted by atomic mass is 10.1. The number of amides is 1. The average Bonchev–Trinajstić information content (AvgIpc) is 2.95. The average molecular weight is 611 g/mol. The van der Waals surface area contributed by atoms with Crippen LogP contribution in [0, 0.1) is 0 Å². The lowest BCUT2D eigenvalue weighted by Crippen LogP contribution is -2.41. The molecule has 1 unspecified atom stereocenters. The molecule has 0 saturated carbocycles. The Balaban J connectivity index is 0.000000404. The summed E-state index contributed by atoms with van der Waals surface area (Å²) >= 11 is 0. The van der Waals surface area contributed by atoms with E-state index in [1.165, 1.54) is 12.1 Å². The highest BCUT2D eigenvalue weighted by Gasteiger charge is 2.21. The molecule has 1 amide bonds. The van der Waals surface area contributed by atoms with Crippen LogP contribution in [0.5, 0.6) is 0 Å². The summed E-state index contributed by atoms with van der Waals surface area (Å²) in [5, 5.41) is 28.6. The van der Waals surface area contributed by atoms with Crippen molar-refractivity contribution >= 4 is 52.4 Å². The van der Waals surface area contributed by atoms with Gasteiger partial charge in [-0.2, -0.15) is 9.97 Å². The molecule has 0 aliphatic carbocycles. The normalized spacial score (nSPS) is 11.1. The molecule has 10 N–H and O–H groups in total. The van der Waals surface area contributed by atoms with Gasteiger partial charge in [-0.25, -0.2) is 24.4 Å². The van der Waals surface area contributed by atoms with Crippen molar-refractivity contribution in [1.82, 2.24) is 35.2 Å². The molecular formula is C25H26N10O9. The van der Waals surface area contributed by atoms with Crippen LogP contribution in [-0.2, 0) is 16.1 Å². The molecule has 0 radical (unpaired) electrons. The molecule has 230 valence electrons. The molecule has 3 heterocycles. The van der Waals surface area contributed by atoms with Gasteiger partial charge in [0.1, 0.15) is 11.7 Å². The summed E-state index contributed by atoms with van der Waals surface area (Å²) < 4.78 is 0. The number of hydrogen-bond donors (Lipinski definition) is 8. The molecule has 0 aliphatic rings. The summed E-state index contributed by atoms with van der Waals surface area (Å²) in [6, 6.07) is 5.96. The van der Waals surface area contributed by atoms with Crippen molar-refractivity contribution in [3.63, 3.8) is 0 Å². The van der Waals surface area contributed by atoms with E-state index >= 15 is 0 Å². The third kappa shape index (κ3) is 8.80. The number of nitrogens with two attached hydrogens (primary N) is 2. The van der Waals surface area contributed by atoms with E-state index in [0.29, 0.717) is 23.4 Å². The zero-order valence-electron chi connectivity index (χ0n) is 22.8. The number of aliphatic carboxylic acids is 2. The minimum atomic E-state index is -1.34. The van der Waals surface area contributed by atoms with Gasteiger partial charge in [-0.1, -0.05) is 0 Å². The number of carboxylic acids is 3. The van der Waals surface area contributed by atoms with Gasteiger partial charge in [-0.3, -0.25) is 19.4 Å². The van der Waals surface area contributed by atoms with E-state index in [4.69, 9.17) is 21.7 Å². The van der Waals surface area contributed by atoms with Gasteiger partial charge in [0.2, 0.25) is 5.95 Å². The molecule has 4 rings (SSSR count). The first-order valence-electron chi connectivity index (χ1n) is 12.4. The van der Waals surface area contributed by atoms with Gasteiger partial charge < -0.3 is 42.0 Å². The van der Waals surface area contributed by atoms with E-state index in [1.807, 2.05) is 21.9 Å². The topological polar surface area (TPSA) is 314 Å². The Labute approximate surface area is 245 Å². The minimum Gasteiger partial charge on any atom is -0.481 e. The zero-order valence-corrected chi connectivity index (χ0v) is 22.8. The zero-order chi connectivity index (χ0) is 32.6. The first-order valence-corrected chi connectivity index (χ1v) is 12.4. The van der Waals surface area contributed by atoms with E-state index in [0.717, 1.165) is 11.8 Å². The molecule has 1 atom stereocenters. The summed E-state index contributed by atoms with van der Waals surface area (Å²) in [5.41, 5.74) is 11.7. The van der Waals surface area contributed by atoms with E-state index in [2.05, 4.69) is 25.3 Å². The molecular weight excluding hydrogens is 584 g/mol. The van der Waals surface area contributed by atoms with Gasteiger partial charge >= 0.3 is 23.6 Å². The minimum absolute atomic E-state index is 0.0138. The summed E-state index contributed by atoms with van der Waals surface area (Å²) in [7, 11) is 1.82.